The van der Waals surface area contributed by atoms with Crippen molar-refractivity contribution in [1.82, 2.24) is 9.13 Å². The predicted octanol–water partition coefficient (Wildman–Crippen LogP) is 1.84. The zero-order valence-electron chi connectivity index (χ0n) is 16.3. The topological polar surface area (TPSA) is 105 Å². The minimum Gasteiger partial charge on any atom is -0.308 e. The first-order valence-corrected chi connectivity index (χ1v) is 10.8. The van der Waals surface area contributed by atoms with E-state index < -0.39 is 16.1 Å². The number of imidazole rings is 1. The number of nitrogens with one attached hydrogen (secondary N) is 2. The first-order valence-electron chi connectivity index (χ1n) is 9.00. The third-order valence-corrected chi connectivity index (χ3v) is 6.34. The molecule has 1 aromatic heterocycles. The van der Waals surface area contributed by atoms with Crippen LogP contribution in [0.1, 0.15) is 5.56 Å². The molecule has 0 aliphatic carbocycles. The van der Waals surface area contributed by atoms with Crippen molar-refractivity contribution in [3.8, 4) is 0 Å². The maximum Gasteiger partial charge on any atom is 0.328 e. The molecule has 0 saturated heterocycles. The number of urea groups is 1. The second-order valence-corrected chi connectivity index (χ2v) is 8.98. The van der Waals surface area contributed by atoms with E-state index in [9.17, 15) is 18.0 Å². The Bertz CT molecular complexity index is 1310. The van der Waals surface area contributed by atoms with E-state index in [1.807, 2.05) is 0 Å². The van der Waals surface area contributed by atoms with Gasteiger partial charge in [-0.05, 0) is 36.8 Å². The Morgan fingerprint density at radius 3 is 2.48 bits per heavy atom. The summed E-state index contributed by atoms with van der Waals surface area (Å²) < 4.78 is 28.3. The van der Waals surface area contributed by atoms with Crippen molar-refractivity contribution in [2.75, 3.05) is 27.7 Å². The number of anilines is 3. The minimum absolute atomic E-state index is 0.142. The zero-order chi connectivity index (χ0) is 20.9. The number of hydrogen-bond acceptors (Lipinski definition) is 4. The van der Waals surface area contributed by atoms with Gasteiger partial charge in [0.1, 0.15) is 0 Å². The van der Waals surface area contributed by atoms with Crippen LogP contribution in [0.2, 0.25) is 0 Å². The average molecular weight is 415 g/mol. The molecule has 0 bridgehead atoms. The second kappa shape index (κ2) is 6.66. The Labute approximate surface area is 167 Å². The molecule has 4 rings (SSSR count). The monoisotopic (exact) mass is 415 g/mol. The fourth-order valence-corrected chi connectivity index (χ4v) is 4.69. The number of nitrogens with zero attached hydrogens (tertiary/aromatic N) is 3. The molecule has 2 aromatic carbocycles. The molecule has 0 radical (unpaired) electrons. The Balaban J connectivity index is 1.57. The van der Waals surface area contributed by atoms with Gasteiger partial charge in [0.2, 0.25) is 10.0 Å². The molecule has 2 heterocycles. The SMILES string of the molecule is Cn1c(=O)n(C)c2cc(NC(=O)Nc3cccc4c3CCN4S(C)(=O)=O)ccc21. The van der Waals surface area contributed by atoms with Crippen molar-refractivity contribution in [2.45, 2.75) is 6.42 Å². The molecule has 152 valence electrons. The molecule has 0 fully saturated rings. The number of carbonyl (C=O) groups excluding carboxylic acids is 1. The standard InChI is InChI=1S/C19H21N5O4S/c1-22-16-8-7-12(11-17(16)23(2)19(22)26)20-18(25)21-14-5-4-6-15-13(14)9-10-24(15)29(3,27)28/h4-8,11H,9-10H2,1-3H3,(H2,20,21,25). The van der Waals surface area contributed by atoms with Gasteiger partial charge in [-0.15, -0.1) is 0 Å². The normalized spacial score (nSPS) is 13.6. The van der Waals surface area contributed by atoms with Crippen LogP contribution in [0.25, 0.3) is 11.0 Å². The highest BCUT2D eigenvalue weighted by molar-refractivity contribution is 7.92. The van der Waals surface area contributed by atoms with Gasteiger partial charge < -0.3 is 10.6 Å². The predicted molar refractivity (Wildman–Crippen MR) is 113 cm³/mol. The molecule has 1 aliphatic rings. The van der Waals surface area contributed by atoms with Crippen LogP contribution < -0.4 is 20.6 Å². The summed E-state index contributed by atoms with van der Waals surface area (Å²) in [5, 5.41) is 5.56. The Morgan fingerprint density at radius 1 is 1.03 bits per heavy atom. The van der Waals surface area contributed by atoms with Gasteiger partial charge in [0.25, 0.3) is 0 Å². The number of benzene rings is 2. The highest BCUT2D eigenvalue weighted by Crippen LogP contribution is 2.35. The van der Waals surface area contributed by atoms with E-state index in [0.29, 0.717) is 35.5 Å². The van der Waals surface area contributed by atoms with Gasteiger partial charge >= 0.3 is 11.7 Å². The van der Waals surface area contributed by atoms with Crippen LogP contribution in [-0.4, -0.2) is 36.4 Å². The summed E-state index contributed by atoms with van der Waals surface area (Å²) in [7, 11) is 0.00961. The fraction of sp³-hybridized carbons (Fsp3) is 0.263. The number of aryl methyl sites for hydroxylation is 2. The van der Waals surface area contributed by atoms with Crippen molar-refractivity contribution in [3.63, 3.8) is 0 Å². The molecule has 0 atom stereocenters. The first-order chi connectivity index (χ1) is 13.7. The van der Waals surface area contributed by atoms with E-state index in [4.69, 9.17) is 0 Å². The van der Waals surface area contributed by atoms with Crippen LogP contribution in [0.5, 0.6) is 0 Å². The molecular weight excluding hydrogens is 394 g/mol. The molecule has 0 spiro atoms. The molecule has 0 unspecified atom stereocenters. The molecule has 29 heavy (non-hydrogen) atoms. The molecule has 0 saturated carbocycles. The van der Waals surface area contributed by atoms with E-state index in [1.54, 1.807) is 55.1 Å². The van der Waals surface area contributed by atoms with Gasteiger partial charge in [-0.25, -0.2) is 18.0 Å². The molecule has 10 heteroatoms. The zero-order valence-corrected chi connectivity index (χ0v) is 17.1. The molecule has 2 amide bonds. The van der Waals surface area contributed by atoms with Gasteiger partial charge in [-0.2, -0.15) is 0 Å². The van der Waals surface area contributed by atoms with E-state index in [0.717, 1.165) is 11.1 Å². The Morgan fingerprint density at radius 2 is 1.76 bits per heavy atom. The summed E-state index contributed by atoms with van der Waals surface area (Å²) in [6, 6.07) is 9.97. The largest absolute Gasteiger partial charge is 0.328 e. The van der Waals surface area contributed by atoms with Crippen LogP contribution in [-0.2, 0) is 30.5 Å². The molecule has 2 N–H and O–H groups in total. The number of rotatable bonds is 3. The Kier molecular flexibility index (Phi) is 4.38. The van der Waals surface area contributed by atoms with E-state index in [2.05, 4.69) is 10.6 Å². The number of hydrogen-bond donors (Lipinski definition) is 2. The van der Waals surface area contributed by atoms with Crippen LogP contribution in [0.3, 0.4) is 0 Å². The van der Waals surface area contributed by atoms with E-state index in [-0.39, 0.29) is 5.69 Å². The summed E-state index contributed by atoms with van der Waals surface area (Å²) in [5.74, 6) is 0. The van der Waals surface area contributed by atoms with Crippen molar-refractivity contribution < 1.29 is 13.2 Å². The highest BCUT2D eigenvalue weighted by Gasteiger charge is 2.28. The maximum absolute atomic E-state index is 12.5. The first kappa shape index (κ1) is 19.1. The maximum atomic E-state index is 12.5. The number of fused-ring (bicyclic) bond motifs is 2. The van der Waals surface area contributed by atoms with Crippen LogP contribution in [0, 0.1) is 0 Å². The van der Waals surface area contributed by atoms with Crippen LogP contribution in [0.4, 0.5) is 21.9 Å². The second-order valence-electron chi connectivity index (χ2n) is 7.07. The van der Waals surface area contributed by atoms with Crippen molar-refractivity contribution in [2.24, 2.45) is 14.1 Å². The van der Waals surface area contributed by atoms with Crippen molar-refractivity contribution in [1.29, 1.82) is 0 Å². The minimum atomic E-state index is -3.36. The quantitative estimate of drug-likeness (QED) is 0.681. The van der Waals surface area contributed by atoms with Gasteiger partial charge in [0.05, 0.1) is 23.0 Å². The number of sulfonamides is 1. The third kappa shape index (κ3) is 3.25. The van der Waals surface area contributed by atoms with Gasteiger partial charge in [0.15, 0.2) is 0 Å². The number of amides is 2. The van der Waals surface area contributed by atoms with E-state index in [1.165, 1.54) is 15.1 Å². The lowest BCUT2D eigenvalue weighted by atomic mass is 10.1. The smallest absolute Gasteiger partial charge is 0.308 e. The Hall–Kier alpha value is -3.27. The van der Waals surface area contributed by atoms with Gasteiger partial charge in [-0.1, -0.05) is 6.07 Å². The summed E-state index contributed by atoms with van der Waals surface area (Å²) in [4.78, 5) is 24.6. The summed E-state index contributed by atoms with van der Waals surface area (Å²) in [6.07, 6.45) is 1.69. The molecule has 3 aromatic rings. The number of carbonyl (C=O) groups is 1. The van der Waals surface area contributed by atoms with Gasteiger partial charge in [0, 0.05) is 37.6 Å². The van der Waals surface area contributed by atoms with Crippen molar-refractivity contribution in [3.05, 3.63) is 52.4 Å². The average Bonchev–Trinajstić information content (AvgIpc) is 3.19. The van der Waals surface area contributed by atoms with Crippen LogP contribution in [0.15, 0.2) is 41.2 Å². The van der Waals surface area contributed by atoms with Crippen molar-refractivity contribution >= 4 is 44.1 Å². The van der Waals surface area contributed by atoms with Crippen LogP contribution >= 0.6 is 0 Å². The summed E-state index contributed by atoms with van der Waals surface area (Å²) in [6.45, 7) is 0.354. The number of aromatic nitrogens is 2. The fourth-order valence-electron chi connectivity index (χ4n) is 3.74. The summed E-state index contributed by atoms with van der Waals surface area (Å²) in [5.41, 5.74) is 3.82. The highest BCUT2D eigenvalue weighted by atomic mass is 32.2. The third-order valence-electron chi connectivity index (χ3n) is 5.16. The molecule has 1 aliphatic heterocycles. The lowest BCUT2D eigenvalue weighted by molar-refractivity contribution is 0.262. The lowest BCUT2D eigenvalue weighted by Crippen LogP contribution is -2.27. The summed E-state index contributed by atoms with van der Waals surface area (Å²) >= 11 is 0. The molecule has 9 nitrogen and oxygen atoms in total. The molecular formula is C19H21N5O4S. The van der Waals surface area contributed by atoms with E-state index >= 15 is 0 Å². The van der Waals surface area contributed by atoms with Gasteiger partial charge in [-0.3, -0.25) is 13.4 Å². The lowest BCUT2D eigenvalue weighted by Gasteiger charge is -2.17.